The molecule has 2 aromatic carbocycles. The summed E-state index contributed by atoms with van der Waals surface area (Å²) in [5, 5.41) is 2.75. The Hall–Kier alpha value is -2.36. The molecule has 0 aromatic heterocycles. The van der Waals surface area contributed by atoms with Crippen molar-refractivity contribution in [3.05, 3.63) is 65.5 Å². The van der Waals surface area contributed by atoms with E-state index in [-0.39, 0.29) is 11.5 Å². The molecule has 0 aliphatic heterocycles. The van der Waals surface area contributed by atoms with Crippen molar-refractivity contribution in [1.29, 1.82) is 0 Å². The molecule has 0 unspecified atom stereocenters. The standard InChI is InChI=1S/C17H19FN2O/c1-13-8-9-16(18)15(12-13)17(21)19-10-11-20(2)14-6-4-3-5-7-14/h3-9,12H,10-11H2,1-2H3,(H,19,21). The second-order valence-electron chi connectivity index (χ2n) is 5.00. The SMILES string of the molecule is Cc1ccc(F)c(C(=O)NCCN(C)c2ccccc2)c1. The molecule has 0 saturated heterocycles. The van der Waals surface area contributed by atoms with E-state index in [2.05, 4.69) is 5.32 Å². The first kappa shape index (κ1) is 15.0. The van der Waals surface area contributed by atoms with Gasteiger partial charge in [-0.3, -0.25) is 4.79 Å². The van der Waals surface area contributed by atoms with Gasteiger partial charge in [0.25, 0.3) is 5.91 Å². The summed E-state index contributed by atoms with van der Waals surface area (Å²) in [5.74, 6) is -0.868. The zero-order valence-corrected chi connectivity index (χ0v) is 12.3. The van der Waals surface area contributed by atoms with Gasteiger partial charge < -0.3 is 10.2 Å². The lowest BCUT2D eigenvalue weighted by Crippen LogP contribution is -2.33. The predicted octanol–water partition coefficient (Wildman–Crippen LogP) is 3.00. The summed E-state index contributed by atoms with van der Waals surface area (Å²) in [5.41, 5.74) is 2.04. The molecule has 0 radical (unpaired) electrons. The number of nitrogens with one attached hydrogen (secondary N) is 1. The highest BCUT2D eigenvalue weighted by molar-refractivity contribution is 5.94. The fraction of sp³-hybridized carbons (Fsp3) is 0.235. The second kappa shape index (κ2) is 6.88. The third-order valence-corrected chi connectivity index (χ3v) is 3.30. The number of nitrogens with zero attached hydrogens (tertiary/aromatic N) is 1. The summed E-state index contributed by atoms with van der Waals surface area (Å²) in [4.78, 5) is 14.0. The largest absolute Gasteiger partial charge is 0.373 e. The van der Waals surface area contributed by atoms with Crippen LogP contribution in [0.2, 0.25) is 0 Å². The highest BCUT2D eigenvalue weighted by atomic mass is 19.1. The van der Waals surface area contributed by atoms with E-state index in [0.29, 0.717) is 13.1 Å². The van der Waals surface area contributed by atoms with Crippen LogP contribution in [-0.4, -0.2) is 26.0 Å². The number of anilines is 1. The Morgan fingerprint density at radius 2 is 1.90 bits per heavy atom. The van der Waals surface area contributed by atoms with Crippen LogP contribution < -0.4 is 10.2 Å². The Labute approximate surface area is 124 Å². The van der Waals surface area contributed by atoms with E-state index in [4.69, 9.17) is 0 Å². The van der Waals surface area contributed by atoms with Gasteiger partial charge in [-0.25, -0.2) is 4.39 Å². The van der Waals surface area contributed by atoms with Crippen molar-refractivity contribution in [2.24, 2.45) is 0 Å². The van der Waals surface area contributed by atoms with Crippen LogP contribution in [0.15, 0.2) is 48.5 Å². The third kappa shape index (κ3) is 4.05. The van der Waals surface area contributed by atoms with Gasteiger partial charge in [0.2, 0.25) is 0 Å². The van der Waals surface area contributed by atoms with Crippen LogP contribution in [0.3, 0.4) is 0 Å². The van der Waals surface area contributed by atoms with Gasteiger partial charge in [-0.15, -0.1) is 0 Å². The molecular formula is C17H19FN2O. The maximum absolute atomic E-state index is 13.6. The van der Waals surface area contributed by atoms with E-state index >= 15 is 0 Å². The number of benzene rings is 2. The van der Waals surface area contributed by atoms with Gasteiger partial charge in [-0.2, -0.15) is 0 Å². The fourth-order valence-electron chi connectivity index (χ4n) is 2.06. The van der Waals surface area contributed by atoms with Crippen LogP contribution in [0.4, 0.5) is 10.1 Å². The van der Waals surface area contributed by atoms with Crippen LogP contribution in [0.25, 0.3) is 0 Å². The monoisotopic (exact) mass is 286 g/mol. The first-order chi connectivity index (χ1) is 10.1. The Morgan fingerprint density at radius 1 is 1.19 bits per heavy atom. The summed E-state index contributed by atoms with van der Waals surface area (Å²) in [6.45, 7) is 2.94. The molecule has 3 nitrogen and oxygen atoms in total. The van der Waals surface area contributed by atoms with E-state index in [1.807, 2.05) is 49.2 Å². The number of carbonyl (C=O) groups is 1. The molecule has 0 atom stereocenters. The van der Waals surface area contributed by atoms with E-state index < -0.39 is 5.82 Å². The smallest absolute Gasteiger partial charge is 0.254 e. The number of para-hydroxylation sites is 1. The van der Waals surface area contributed by atoms with Crippen molar-refractivity contribution in [3.63, 3.8) is 0 Å². The Morgan fingerprint density at radius 3 is 2.62 bits per heavy atom. The fourth-order valence-corrected chi connectivity index (χ4v) is 2.06. The number of carbonyl (C=O) groups excluding carboxylic acids is 1. The summed E-state index contributed by atoms with van der Waals surface area (Å²) in [6.07, 6.45) is 0. The first-order valence-corrected chi connectivity index (χ1v) is 6.88. The molecule has 0 bridgehead atoms. The van der Waals surface area contributed by atoms with Crippen LogP contribution >= 0.6 is 0 Å². The van der Waals surface area contributed by atoms with Crippen LogP contribution in [0, 0.1) is 12.7 Å². The van der Waals surface area contributed by atoms with Crippen molar-refractivity contribution in [2.75, 3.05) is 25.0 Å². The molecule has 21 heavy (non-hydrogen) atoms. The normalized spacial score (nSPS) is 10.2. The first-order valence-electron chi connectivity index (χ1n) is 6.88. The predicted molar refractivity (Wildman–Crippen MR) is 83.2 cm³/mol. The molecule has 4 heteroatoms. The number of hydrogen-bond acceptors (Lipinski definition) is 2. The van der Waals surface area contributed by atoms with Gasteiger partial charge in [-0.05, 0) is 31.2 Å². The molecule has 2 rings (SSSR count). The minimum Gasteiger partial charge on any atom is -0.373 e. The Bertz CT molecular complexity index is 613. The molecular weight excluding hydrogens is 267 g/mol. The highest BCUT2D eigenvalue weighted by Gasteiger charge is 2.11. The quantitative estimate of drug-likeness (QED) is 0.916. The number of aryl methyl sites for hydroxylation is 1. The topological polar surface area (TPSA) is 32.3 Å². The lowest BCUT2D eigenvalue weighted by atomic mass is 10.1. The van der Waals surface area contributed by atoms with Gasteiger partial charge in [0.1, 0.15) is 5.82 Å². The van der Waals surface area contributed by atoms with Crippen LogP contribution in [0.5, 0.6) is 0 Å². The lowest BCUT2D eigenvalue weighted by molar-refractivity contribution is 0.0950. The average molecular weight is 286 g/mol. The molecule has 1 N–H and O–H groups in total. The minimum absolute atomic E-state index is 0.0948. The maximum atomic E-state index is 13.6. The van der Waals surface area contributed by atoms with Crippen LogP contribution in [0.1, 0.15) is 15.9 Å². The lowest BCUT2D eigenvalue weighted by Gasteiger charge is -2.19. The Kier molecular flexibility index (Phi) is 4.93. The molecule has 0 aliphatic rings. The molecule has 1 amide bonds. The summed E-state index contributed by atoms with van der Waals surface area (Å²) < 4.78 is 13.6. The third-order valence-electron chi connectivity index (χ3n) is 3.30. The second-order valence-corrected chi connectivity index (χ2v) is 5.00. The van der Waals surface area contributed by atoms with Crippen molar-refractivity contribution in [1.82, 2.24) is 5.32 Å². The number of hydrogen-bond donors (Lipinski definition) is 1. The number of amides is 1. The molecule has 2 aromatic rings. The minimum atomic E-state index is -0.491. The van der Waals surface area contributed by atoms with Crippen molar-refractivity contribution in [3.8, 4) is 0 Å². The van der Waals surface area contributed by atoms with Crippen molar-refractivity contribution in [2.45, 2.75) is 6.92 Å². The molecule has 0 spiro atoms. The molecule has 0 fully saturated rings. The van der Waals surface area contributed by atoms with E-state index in [1.165, 1.54) is 6.07 Å². The van der Waals surface area contributed by atoms with E-state index in [1.54, 1.807) is 12.1 Å². The van der Waals surface area contributed by atoms with Crippen LogP contribution in [-0.2, 0) is 0 Å². The Balaban J connectivity index is 1.88. The zero-order valence-electron chi connectivity index (χ0n) is 12.3. The van der Waals surface area contributed by atoms with Gasteiger partial charge in [0.15, 0.2) is 0 Å². The van der Waals surface area contributed by atoms with E-state index in [9.17, 15) is 9.18 Å². The van der Waals surface area contributed by atoms with E-state index in [0.717, 1.165) is 11.3 Å². The molecule has 110 valence electrons. The summed E-state index contributed by atoms with van der Waals surface area (Å²) in [6, 6.07) is 14.4. The van der Waals surface area contributed by atoms with Gasteiger partial charge in [0.05, 0.1) is 5.56 Å². The zero-order chi connectivity index (χ0) is 15.2. The summed E-state index contributed by atoms with van der Waals surface area (Å²) >= 11 is 0. The number of halogens is 1. The average Bonchev–Trinajstić information content (AvgIpc) is 2.50. The molecule has 0 heterocycles. The number of rotatable bonds is 5. The van der Waals surface area contributed by atoms with Gasteiger partial charge >= 0.3 is 0 Å². The summed E-state index contributed by atoms with van der Waals surface area (Å²) in [7, 11) is 1.95. The molecule has 0 aliphatic carbocycles. The van der Waals surface area contributed by atoms with Gasteiger partial charge in [0, 0.05) is 25.8 Å². The number of likely N-dealkylation sites (N-methyl/N-ethyl adjacent to an activating group) is 1. The van der Waals surface area contributed by atoms with Crippen molar-refractivity contribution >= 4 is 11.6 Å². The molecule has 0 saturated carbocycles. The van der Waals surface area contributed by atoms with Crippen molar-refractivity contribution < 1.29 is 9.18 Å². The highest BCUT2D eigenvalue weighted by Crippen LogP contribution is 2.11. The van der Waals surface area contributed by atoms with Gasteiger partial charge in [-0.1, -0.05) is 29.8 Å². The maximum Gasteiger partial charge on any atom is 0.254 e.